The molecular formula is C13H20BN. The monoisotopic (exact) mass is 201 g/mol. The van der Waals surface area contributed by atoms with Crippen molar-refractivity contribution < 1.29 is 0 Å². The van der Waals surface area contributed by atoms with Gasteiger partial charge in [-0.15, -0.1) is 0 Å². The highest BCUT2D eigenvalue weighted by molar-refractivity contribution is 6.76. The summed E-state index contributed by atoms with van der Waals surface area (Å²) in [5, 5.41) is 0.383. The van der Waals surface area contributed by atoms with E-state index in [4.69, 9.17) is 0 Å². The maximum atomic E-state index is 4.10. The Bertz CT molecular complexity index is 343. The Hall–Kier alpha value is -0.785. The normalized spacial score (nSPS) is 23.1. The molecule has 0 aliphatic carbocycles. The number of aromatic nitrogens is 1. The third kappa shape index (κ3) is 1.60. The highest BCUT2D eigenvalue weighted by Gasteiger charge is 2.50. The van der Waals surface area contributed by atoms with Gasteiger partial charge in [-0.2, -0.15) is 0 Å². The molecule has 2 rings (SSSR count). The van der Waals surface area contributed by atoms with Crippen LogP contribution in [0.1, 0.15) is 34.1 Å². The van der Waals surface area contributed by atoms with Crippen LogP contribution < -0.4 is 5.46 Å². The van der Waals surface area contributed by atoms with Crippen molar-refractivity contribution in [1.29, 1.82) is 0 Å². The van der Waals surface area contributed by atoms with Gasteiger partial charge in [0.1, 0.15) is 0 Å². The van der Waals surface area contributed by atoms with E-state index in [0.717, 1.165) is 0 Å². The molecule has 1 aromatic rings. The number of pyridine rings is 1. The van der Waals surface area contributed by atoms with Crippen molar-refractivity contribution in [2.24, 2.45) is 5.41 Å². The summed E-state index contributed by atoms with van der Waals surface area (Å²) in [5.41, 5.74) is 1.90. The van der Waals surface area contributed by atoms with Crippen molar-refractivity contribution in [2.75, 3.05) is 0 Å². The molecule has 15 heavy (non-hydrogen) atoms. The Morgan fingerprint density at radius 2 is 1.73 bits per heavy atom. The van der Waals surface area contributed by atoms with E-state index in [1.54, 1.807) is 0 Å². The average molecular weight is 201 g/mol. The Labute approximate surface area is 93.4 Å². The van der Waals surface area contributed by atoms with Crippen molar-refractivity contribution in [3.8, 4) is 0 Å². The third-order valence-electron chi connectivity index (χ3n) is 4.78. The summed E-state index contributed by atoms with van der Waals surface area (Å²) in [6, 6.07) is 4.35. The summed E-state index contributed by atoms with van der Waals surface area (Å²) in [5.74, 6) is 0. The maximum Gasteiger partial charge on any atom is 0.182 e. The zero-order valence-corrected chi connectivity index (χ0v) is 10.2. The smallest absolute Gasteiger partial charge is 0.182 e. The molecule has 0 bridgehead atoms. The Balaban J connectivity index is 2.34. The molecule has 1 nitrogen and oxygen atoms in total. The van der Waals surface area contributed by atoms with Gasteiger partial charge in [-0.05, 0) is 22.9 Å². The van der Waals surface area contributed by atoms with E-state index in [1.165, 1.54) is 18.2 Å². The Morgan fingerprint density at radius 1 is 1.13 bits per heavy atom. The maximum absolute atomic E-state index is 4.10. The van der Waals surface area contributed by atoms with E-state index < -0.39 is 0 Å². The molecule has 0 atom stereocenters. The number of hydrogen-bond donors (Lipinski definition) is 0. The second-order valence-corrected chi connectivity index (χ2v) is 5.98. The van der Waals surface area contributed by atoms with E-state index in [1.807, 2.05) is 12.4 Å². The quantitative estimate of drug-likeness (QED) is 0.636. The minimum absolute atomic E-state index is 0.383. The molecule has 0 amide bonds. The van der Waals surface area contributed by atoms with Crippen molar-refractivity contribution >= 4 is 12.2 Å². The number of hydrogen-bond acceptors (Lipinski definition) is 1. The highest BCUT2D eigenvalue weighted by Crippen LogP contribution is 2.56. The molecule has 0 N–H and O–H groups in total. The molecule has 0 radical (unpaired) electrons. The molecule has 1 aliphatic heterocycles. The van der Waals surface area contributed by atoms with Gasteiger partial charge in [0, 0.05) is 12.4 Å². The van der Waals surface area contributed by atoms with Crippen LogP contribution in [0.15, 0.2) is 24.5 Å². The van der Waals surface area contributed by atoms with Crippen LogP contribution in [-0.4, -0.2) is 11.7 Å². The summed E-state index contributed by atoms with van der Waals surface area (Å²) in [6.45, 7) is 10.3. The van der Waals surface area contributed by atoms with Crippen molar-refractivity contribution in [2.45, 2.75) is 45.8 Å². The van der Waals surface area contributed by atoms with Crippen LogP contribution in [0.2, 0.25) is 11.6 Å². The Kier molecular flexibility index (Phi) is 2.40. The summed E-state index contributed by atoms with van der Waals surface area (Å²) in [7, 11) is 0. The molecule has 1 aromatic heterocycles. The summed E-state index contributed by atoms with van der Waals surface area (Å²) >= 11 is 0. The minimum atomic E-state index is 0.383. The van der Waals surface area contributed by atoms with Crippen molar-refractivity contribution in [3.05, 3.63) is 24.5 Å². The van der Waals surface area contributed by atoms with E-state index in [-0.39, 0.29) is 0 Å². The fourth-order valence-electron chi connectivity index (χ4n) is 2.84. The fraction of sp³-hybridized carbons (Fsp3) is 0.615. The predicted octanol–water partition coefficient (Wildman–Crippen LogP) is 2.99. The standard InChI is InChI=1S/C13H20BN/c1-12(2)7-8-14(13(12,3)4)11-5-9-15-10-6-11/h5-6,9-10H,7-8H2,1-4H3. The minimum Gasteiger partial charge on any atom is -0.265 e. The SMILES string of the molecule is CC1(C)CCB(c2ccncc2)C1(C)C. The molecule has 2 heterocycles. The first-order valence-corrected chi connectivity index (χ1v) is 5.85. The molecule has 1 aliphatic rings. The van der Waals surface area contributed by atoms with Crippen LogP contribution in [0.5, 0.6) is 0 Å². The lowest BCUT2D eigenvalue weighted by Gasteiger charge is -2.38. The molecule has 1 fully saturated rings. The summed E-state index contributed by atoms with van der Waals surface area (Å²) in [4.78, 5) is 4.10. The van der Waals surface area contributed by atoms with E-state index in [0.29, 0.717) is 17.4 Å². The van der Waals surface area contributed by atoms with Gasteiger partial charge in [0.2, 0.25) is 0 Å². The molecule has 80 valence electrons. The van der Waals surface area contributed by atoms with Crippen LogP contribution in [0.3, 0.4) is 0 Å². The summed E-state index contributed by atoms with van der Waals surface area (Å²) in [6.07, 6.45) is 6.46. The first kappa shape index (κ1) is 10.7. The van der Waals surface area contributed by atoms with Crippen LogP contribution in [-0.2, 0) is 0 Å². The molecule has 0 unspecified atom stereocenters. The molecule has 2 heteroatoms. The van der Waals surface area contributed by atoms with Gasteiger partial charge in [-0.3, -0.25) is 4.98 Å². The van der Waals surface area contributed by atoms with Crippen LogP contribution in [0.4, 0.5) is 0 Å². The van der Waals surface area contributed by atoms with Crippen LogP contribution >= 0.6 is 0 Å². The lowest BCUT2D eigenvalue weighted by molar-refractivity contribution is 0.278. The van der Waals surface area contributed by atoms with Crippen LogP contribution in [0, 0.1) is 5.41 Å². The molecule has 0 aromatic carbocycles. The average Bonchev–Trinajstić information content (AvgIpc) is 2.39. The van der Waals surface area contributed by atoms with Crippen LogP contribution in [0.25, 0.3) is 0 Å². The first-order chi connectivity index (χ1) is 6.95. The predicted molar refractivity (Wildman–Crippen MR) is 66.9 cm³/mol. The number of nitrogens with zero attached hydrogens (tertiary/aromatic N) is 1. The Morgan fingerprint density at radius 3 is 2.20 bits per heavy atom. The summed E-state index contributed by atoms with van der Waals surface area (Å²) < 4.78 is 0. The van der Waals surface area contributed by atoms with Gasteiger partial charge in [0.05, 0.1) is 0 Å². The molecule has 0 saturated carbocycles. The number of rotatable bonds is 1. The van der Waals surface area contributed by atoms with E-state index in [9.17, 15) is 0 Å². The second kappa shape index (κ2) is 3.36. The molecule has 1 saturated heterocycles. The largest absolute Gasteiger partial charge is 0.265 e. The van der Waals surface area contributed by atoms with Gasteiger partial charge in [-0.25, -0.2) is 0 Å². The molecule has 0 spiro atoms. The van der Waals surface area contributed by atoms with Gasteiger partial charge in [-0.1, -0.05) is 45.9 Å². The molecular weight excluding hydrogens is 181 g/mol. The van der Waals surface area contributed by atoms with Crippen molar-refractivity contribution in [3.63, 3.8) is 0 Å². The zero-order chi connectivity index (χ0) is 11.1. The highest BCUT2D eigenvalue weighted by atomic mass is 14.6. The topological polar surface area (TPSA) is 12.9 Å². The lowest BCUT2D eigenvalue weighted by Crippen LogP contribution is -2.40. The first-order valence-electron chi connectivity index (χ1n) is 5.85. The lowest BCUT2D eigenvalue weighted by atomic mass is 9.30. The van der Waals surface area contributed by atoms with Gasteiger partial charge >= 0.3 is 0 Å². The van der Waals surface area contributed by atoms with E-state index >= 15 is 0 Å². The zero-order valence-electron chi connectivity index (χ0n) is 10.2. The van der Waals surface area contributed by atoms with Gasteiger partial charge < -0.3 is 0 Å². The van der Waals surface area contributed by atoms with E-state index in [2.05, 4.69) is 44.8 Å². The fourth-order valence-corrected chi connectivity index (χ4v) is 2.84. The van der Waals surface area contributed by atoms with Gasteiger partial charge in [0.25, 0.3) is 0 Å². The second-order valence-electron chi connectivity index (χ2n) is 5.98. The van der Waals surface area contributed by atoms with Crippen molar-refractivity contribution in [1.82, 2.24) is 4.98 Å². The third-order valence-corrected chi connectivity index (χ3v) is 4.78. The van der Waals surface area contributed by atoms with Gasteiger partial charge in [0.15, 0.2) is 6.71 Å².